The Morgan fingerprint density at radius 2 is 2.24 bits per heavy atom. The molecule has 0 aromatic carbocycles. The standard InChI is InChI=1S/C12H21N5/c1-9(2)16-12(13)15-8-10-11(17(3)4)6-5-7-14-10/h5-7,9H,8H2,1-4H3,(H3,13,15,16). The van der Waals surface area contributed by atoms with Crippen molar-refractivity contribution in [3.63, 3.8) is 0 Å². The maximum Gasteiger partial charge on any atom is 0.189 e. The number of pyridine rings is 1. The van der Waals surface area contributed by atoms with Gasteiger partial charge in [-0.1, -0.05) is 0 Å². The Morgan fingerprint density at radius 1 is 1.53 bits per heavy atom. The summed E-state index contributed by atoms with van der Waals surface area (Å²) in [6.07, 6.45) is 1.77. The third kappa shape index (κ3) is 4.30. The average molecular weight is 235 g/mol. The Labute approximate surface area is 103 Å². The predicted molar refractivity (Wildman–Crippen MR) is 72.2 cm³/mol. The molecule has 0 bridgehead atoms. The third-order valence-electron chi connectivity index (χ3n) is 2.18. The fourth-order valence-corrected chi connectivity index (χ4v) is 1.46. The highest BCUT2D eigenvalue weighted by atomic mass is 15.1. The SMILES string of the molecule is CC(C)NC(N)=NCc1ncccc1N(C)C. The molecule has 1 heterocycles. The van der Waals surface area contributed by atoms with Gasteiger partial charge in [0.2, 0.25) is 0 Å². The Bertz CT molecular complexity index is 384. The van der Waals surface area contributed by atoms with Gasteiger partial charge < -0.3 is 16.0 Å². The topological polar surface area (TPSA) is 66.5 Å². The summed E-state index contributed by atoms with van der Waals surface area (Å²) in [4.78, 5) is 10.6. The molecule has 0 saturated carbocycles. The minimum absolute atomic E-state index is 0.288. The van der Waals surface area contributed by atoms with E-state index in [1.54, 1.807) is 6.20 Å². The van der Waals surface area contributed by atoms with Crippen LogP contribution in [0.2, 0.25) is 0 Å². The summed E-state index contributed by atoms with van der Waals surface area (Å²) in [6, 6.07) is 4.22. The molecule has 0 fully saturated rings. The van der Waals surface area contributed by atoms with E-state index in [0.29, 0.717) is 12.5 Å². The maximum absolute atomic E-state index is 5.75. The number of hydrogen-bond donors (Lipinski definition) is 2. The molecule has 0 spiro atoms. The number of nitrogens with two attached hydrogens (primary N) is 1. The van der Waals surface area contributed by atoms with Gasteiger partial charge in [0.25, 0.3) is 0 Å². The van der Waals surface area contributed by atoms with Crippen molar-refractivity contribution in [3.8, 4) is 0 Å². The second-order valence-electron chi connectivity index (χ2n) is 4.36. The molecule has 0 saturated heterocycles. The van der Waals surface area contributed by atoms with E-state index in [2.05, 4.69) is 15.3 Å². The lowest BCUT2D eigenvalue weighted by Crippen LogP contribution is -2.36. The minimum Gasteiger partial charge on any atom is -0.376 e. The van der Waals surface area contributed by atoms with E-state index in [1.165, 1.54) is 0 Å². The zero-order valence-electron chi connectivity index (χ0n) is 10.9. The van der Waals surface area contributed by atoms with Crippen LogP contribution in [0, 0.1) is 0 Å². The monoisotopic (exact) mass is 235 g/mol. The van der Waals surface area contributed by atoms with Crippen LogP contribution >= 0.6 is 0 Å². The highest BCUT2D eigenvalue weighted by molar-refractivity contribution is 5.78. The van der Waals surface area contributed by atoms with Gasteiger partial charge in [0, 0.05) is 26.3 Å². The quantitative estimate of drug-likeness (QED) is 0.602. The molecule has 0 amide bonds. The van der Waals surface area contributed by atoms with Gasteiger partial charge in [0.1, 0.15) is 0 Å². The number of nitrogens with zero attached hydrogens (tertiary/aromatic N) is 3. The fourth-order valence-electron chi connectivity index (χ4n) is 1.46. The van der Waals surface area contributed by atoms with Crippen LogP contribution in [0.1, 0.15) is 19.5 Å². The van der Waals surface area contributed by atoms with Gasteiger partial charge in [-0.25, -0.2) is 4.99 Å². The number of aromatic nitrogens is 1. The molecule has 5 heteroatoms. The predicted octanol–water partition coefficient (Wildman–Crippen LogP) is 0.960. The van der Waals surface area contributed by atoms with E-state index >= 15 is 0 Å². The number of guanidine groups is 1. The normalized spacial score (nSPS) is 11.7. The van der Waals surface area contributed by atoms with Crippen molar-refractivity contribution in [2.75, 3.05) is 19.0 Å². The Balaban J connectivity index is 2.75. The smallest absolute Gasteiger partial charge is 0.189 e. The van der Waals surface area contributed by atoms with Crippen LogP contribution in [-0.4, -0.2) is 31.1 Å². The molecule has 0 radical (unpaired) electrons. The molecule has 3 N–H and O–H groups in total. The Kier molecular flexibility index (Phi) is 4.75. The summed E-state index contributed by atoms with van der Waals surface area (Å²) in [7, 11) is 3.97. The Hall–Kier alpha value is -1.78. The van der Waals surface area contributed by atoms with Gasteiger partial charge in [0.15, 0.2) is 5.96 Å². The lowest BCUT2D eigenvalue weighted by Gasteiger charge is -2.15. The molecule has 0 aliphatic carbocycles. The van der Waals surface area contributed by atoms with Crippen LogP contribution in [0.15, 0.2) is 23.3 Å². The zero-order chi connectivity index (χ0) is 12.8. The summed E-state index contributed by atoms with van der Waals surface area (Å²) in [5.74, 6) is 0.454. The van der Waals surface area contributed by atoms with Crippen LogP contribution in [0.5, 0.6) is 0 Å². The lowest BCUT2D eigenvalue weighted by molar-refractivity contribution is 0.723. The summed E-state index contributed by atoms with van der Waals surface area (Å²) < 4.78 is 0. The van der Waals surface area contributed by atoms with Crippen molar-refractivity contribution in [1.29, 1.82) is 0 Å². The minimum atomic E-state index is 0.288. The summed E-state index contributed by atoms with van der Waals surface area (Å²) >= 11 is 0. The average Bonchev–Trinajstić information content (AvgIpc) is 2.25. The Morgan fingerprint density at radius 3 is 2.82 bits per heavy atom. The first kappa shape index (κ1) is 13.3. The maximum atomic E-state index is 5.75. The van der Waals surface area contributed by atoms with Crippen LogP contribution in [-0.2, 0) is 6.54 Å². The van der Waals surface area contributed by atoms with Crippen molar-refractivity contribution in [1.82, 2.24) is 10.3 Å². The molecule has 1 aromatic rings. The van der Waals surface area contributed by atoms with Crippen LogP contribution in [0.3, 0.4) is 0 Å². The van der Waals surface area contributed by atoms with Gasteiger partial charge in [0.05, 0.1) is 17.9 Å². The largest absolute Gasteiger partial charge is 0.376 e. The van der Waals surface area contributed by atoms with Crippen molar-refractivity contribution < 1.29 is 0 Å². The molecular weight excluding hydrogens is 214 g/mol. The first-order chi connectivity index (χ1) is 8.00. The van der Waals surface area contributed by atoms with Crippen molar-refractivity contribution in [3.05, 3.63) is 24.0 Å². The summed E-state index contributed by atoms with van der Waals surface area (Å²) in [5, 5.41) is 3.05. The van der Waals surface area contributed by atoms with E-state index in [9.17, 15) is 0 Å². The molecule has 94 valence electrons. The van der Waals surface area contributed by atoms with Gasteiger partial charge in [-0.05, 0) is 26.0 Å². The molecular formula is C12H21N5. The van der Waals surface area contributed by atoms with Gasteiger partial charge in [-0.15, -0.1) is 0 Å². The van der Waals surface area contributed by atoms with Crippen LogP contribution in [0.25, 0.3) is 0 Å². The van der Waals surface area contributed by atoms with Gasteiger partial charge in [-0.2, -0.15) is 0 Å². The van der Waals surface area contributed by atoms with Crippen LogP contribution in [0.4, 0.5) is 5.69 Å². The molecule has 0 unspecified atom stereocenters. The van der Waals surface area contributed by atoms with E-state index in [1.807, 2.05) is 45.0 Å². The highest BCUT2D eigenvalue weighted by Gasteiger charge is 2.04. The van der Waals surface area contributed by atoms with Crippen molar-refractivity contribution >= 4 is 11.6 Å². The number of rotatable bonds is 4. The van der Waals surface area contributed by atoms with E-state index in [4.69, 9.17) is 5.73 Å². The second kappa shape index (κ2) is 6.08. The van der Waals surface area contributed by atoms with E-state index in [0.717, 1.165) is 11.4 Å². The van der Waals surface area contributed by atoms with Gasteiger partial charge in [-0.3, -0.25) is 4.98 Å². The number of nitrogens with one attached hydrogen (secondary N) is 1. The fraction of sp³-hybridized carbons (Fsp3) is 0.500. The highest BCUT2D eigenvalue weighted by Crippen LogP contribution is 2.15. The summed E-state index contributed by atoms with van der Waals surface area (Å²) in [6.45, 7) is 4.53. The number of aliphatic imine (C=N–C) groups is 1. The molecule has 0 atom stereocenters. The second-order valence-corrected chi connectivity index (χ2v) is 4.36. The molecule has 1 aromatic heterocycles. The number of hydrogen-bond acceptors (Lipinski definition) is 3. The molecule has 17 heavy (non-hydrogen) atoms. The van der Waals surface area contributed by atoms with Crippen molar-refractivity contribution in [2.24, 2.45) is 10.7 Å². The van der Waals surface area contributed by atoms with Gasteiger partial charge >= 0.3 is 0 Å². The van der Waals surface area contributed by atoms with Crippen molar-refractivity contribution in [2.45, 2.75) is 26.4 Å². The first-order valence-corrected chi connectivity index (χ1v) is 5.68. The molecule has 0 aliphatic rings. The summed E-state index contributed by atoms with van der Waals surface area (Å²) in [5.41, 5.74) is 7.73. The molecule has 1 rings (SSSR count). The zero-order valence-corrected chi connectivity index (χ0v) is 10.9. The molecule has 0 aliphatic heterocycles. The number of anilines is 1. The van der Waals surface area contributed by atoms with E-state index in [-0.39, 0.29) is 6.04 Å². The van der Waals surface area contributed by atoms with E-state index < -0.39 is 0 Å². The van der Waals surface area contributed by atoms with Crippen LogP contribution < -0.4 is 16.0 Å². The lowest BCUT2D eigenvalue weighted by atomic mass is 10.3. The third-order valence-corrected chi connectivity index (χ3v) is 2.18. The molecule has 5 nitrogen and oxygen atoms in total. The first-order valence-electron chi connectivity index (χ1n) is 5.68.